The van der Waals surface area contributed by atoms with Crippen molar-refractivity contribution in [3.63, 3.8) is 0 Å². The zero-order valence-electron chi connectivity index (χ0n) is 15.6. The van der Waals surface area contributed by atoms with Crippen molar-refractivity contribution >= 4 is 17.8 Å². The SMILES string of the molecule is Cc1ccc(-c2ccccc2C(=O)NC[C@@]2(C(C)C)NC(=O)NC2=O)cc1. The summed E-state index contributed by atoms with van der Waals surface area (Å²) in [4.78, 5) is 36.7. The lowest BCUT2D eigenvalue weighted by Crippen LogP contribution is -2.58. The minimum atomic E-state index is -1.15. The molecule has 1 heterocycles. The summed E-state index contributed by atoms with van der Waals surface area (Å²) in [6.45, 7) is 5.69. The fourth-order valence-corrected chi connectivity index (χ4v) is 3.22. The van der Waals surface area contributed by atoms with Gasteiger partial charge in [0.2, 0.25) is 0 Å². The molecule has 0 aromatic heterocycles. The summed E-state index contributed by atoms with van der Waals surface area (Å²) in [6, 6.07) is 14.7. The van der Waals surface area contributed by atoms with Crippen LogP contribution in [0.15, 0.2) is 48.5 Å². The van der Waals surface area contributed by atoms with Crippen LogP contribution in [0.1, 0.15) is 29.8 Å². The van der Waals surface area contributed by atoms with Gasteiger partial charge in [-0.05, 0) is 30.0 Å². The van der Waals surface area contributed by atoms with Gasteiger partial charge in [0.05, 0.1) is 6.54 Å². The maximum Gasteiger partial charge on any atom is 0.322 e. The van der Waals surface area contributed by atoms with Gasteiger partial charge in [-0.3, -0.25) is 14.9 Å². The van der Waals surface area contributed by atoms with Crippen LogP contribution >= 0.6 is 0 Å². The van der Waals surface area contributed by atoms with Crippen molar-refractivity contribution in [2.24, 2.45) is 5.92 Å². The number of benzene rings is 2. The standard InChI is InChI=1S/C21H23N3O3/c1-13(2)21(19(26)23-20(27)24-21)12-22-18(25)17-7-5-4-6-16(17)15-10-8-14(3)9-11-15/h4-11,13H,12H2,1-3H3,(H,22,25)(H2,23,24,26,27)/t21-/m0/s1. The average Bonchev–Trinajstić information content (AvgIpc) is 2.95. The molecule has 0 unspecified atom stereocenters. The molecular formula is C21H23N3O3. The Balaban J connectivity index is 1.84. The van der Waals surface area contributed by atoms with Gasteiger partial charge in [-0.15, -0.1) is 0 Å². The molecule has 3 rings (SSSR count). The zero-order chi connectivity index (χ0) is 19.6. The molecular weight excluding hydrogens is 342 g/mol. The van der Waals surface area contributed by atoms with Gasteiger partial charge >= 0.3 is 6.03 Å². The lowest BCUT2D eigenvalue weighted by Gasteiger charge is -2.30. The second kappa shape index (κ2) is 7.23. The summed E-state index contributed by atoms with van der Waals surface area (Å²) in [7, 11) is 0. The molecule has 1 aliphatic heterocycles. The predicted octanol–water partition coefficient (Wildman–Crippen LogP) is 2.63. The lowest BCUT2D eigenvalue weighted by molar-refractivity contribution is -0.125. The van der Waals surface area contributed by atoms with E-state index in [4.69, 9.17) is 0 Å². The van der Waals surface area contributed by atoms with E-state index in [1.807, 2.05) is 57.2 Å². The first-order chi connectivity index (χ1) is 12.8. The van der Waals surface area contributed by atoms with Crippen LogP contribution in [0.5, 0.6) is 0 Å². The smallest absolute Gasteiger partial charge is 0.322 e. The molecule has 140 valence electrons. The van der Waals surface area contributed by atoms with E-state index < -0.39 is 17.5 Å². The van der Waals surface area contributed by atoms with Gasteiger partial charge in [0.1, 0.15) is 5.54 Å². The molecule has 0 spiro atoms. The van der Waals surface area contributed by atoms with E-state index in [2.05, 4.69) is 16.0 Å². The molecule has 0 radical (unpaired) electrons. The van der Waals surface area contributed by atoms with Gasteiger partial charge in [0.15, 0.2) is 0 Å². The van der Waals surface area contributed by atoms with Crippen LogP contribution in [0, 0.1) is 12.8 Å². The van der Waals surface area contributed by atoms with Crippen molar-refractivity contribution in [1.29, 1.82) is 0 Å². The number of aryl methyl sites for hydroxylation is 1. The highest BCUT2D eigenvalue weighted by molar-refractivity contribution is 6.08. The monoisotopic (exact) mass is 365 g/mol. The Labute approximate surface area is 158 Å². The Bertz CT molecular complexity index is 890. The predicted molar refractivity (Wildman–Crippen MR) is 103 cm³/mol. The van der Waals surface area contributed by atoms with Crippen LogP contribution < -0.4 is 16.0 Å². The van der Waals surface area contributed by atoms with E-state index in [0.717, 1.165) is 16.7 Å². The summed E-state index contributed by atoms with van der Waals surface area (Å²) >= 11 is 0. The number of urea groups is 1. The number of imide groups is 1. The van der Waals surface area contributed by atoms with E-state index >= 15 is 0 Å². The van der Waals surface area contributed by atoms with E-state index in [9.17, 15) is 14.4 Å². The number of carbonyl (C=O) groups excluding carboxylic acids is 3. The molecule has 4 amide bonds. The maximum absolute atomic E-state index is 12.9. The largest absolute Gasteiger partial charge is 0.349 e. The summed E-state index contributed by atoms with van der Waals surface area (Å²) in [6.07, 6.45) is 0. The highest BCUT2D eigenvalue weighted by Crippen LogP contribution is 2.25. The van der Waals surface area contributed by atoms with Crippen LogP contribution in [0.25, 0.3) is 11.1 Å². The van der Waals surface area contributed by atoms with Gasteiger partial charge in [0.25, 0.3) is 11.8 Å². The Morgan fingerprint density at radius 1 is 1.07 bits per heavy atom. The van der Waals surface area contributed by atoms with Crippen LogP contribution in [0.3, 0.4) is 0 Å². The third kappa shape index (κ3) is 3.56. The normalized spacial score (nSPS) is 19.0. The quantitative estimate of drug-likeness (QED) is 0.712. The maximum atomic E-state index is 12.9. The van der Waals surface area contributed by atoms with Gasteiger partial charge in [-0.2, -0.15) is 0 Å². The third-order valence-corrected chi connectivity index (χ3v) is 5.02. The first-order valence-corrected chi connectivity index (χ1v) is 8.91. The molecule has 2 aromatic carbocycles. The second-order valence-corrected chi connectivity index (χ2v) is 7.13. The lowest BCUT2D eigenvalue weighted by atomic mass is 9.86. The molecule has 0 aliphatic carbocycles. The molecule has 1 aliphatic rings. The van der Waals surface area contributed by atoms with Gasteiger partial charge in [-0.1, -0.05) is 61.9 Å². The number of amides is 4. The molecule has 0 saturated carbocycles. The Hall–Kier alpha value is -3.15. The van der Waals surface area contributed by atoms with E-state index in [-0.39, 0.29) is 18.4 Å². The first-order valence-electron chi connectivity index (χ1n) is 8.91. The van der Waals surface area contributed by atoms with Gasteiger partial charge in [-0.25, -0.2) is 4.79 Å². The average molecular weight is 365 g/mol. The van der Waals surface area contributed by atoms with Crippen LogP contribution in [0.4, 0.5) is 4.79 Å². The summed E-state index contributed by atoms with van der Waals surface area (Å²) in [5.41, 5.74) is 2.27. The number of nitrogens with one attached hydrogen (secondary N) is 3. The van der Waals surface area contributed by atoms with E-state index in [1.54, 1.807) is 12.1 Å². The fourth-order valence-electron chi connectivity index (χ4n) is 3.22. The number of carbonyl (C=O) groups is 3. The zero-order valence-corrected chi connectivity index (χ0v) is 15.6. The highest BCUT2D eigenvalue weighted by Gasteiger charge is 2.48. The van der Waals surface area contributed by atoms with Crippen LogP contribution in [-0.2, 0) is 4.79 Å². The van der Waals surface area contributed by atoms with Crippen LogP contribution in [-0.4, -0.2) is 29.9 Å². The van der Waals surface area contributed by atoms with Gasteiger partial charge < -0.3 is 10.6 Å². The van der Waals surface area contributed by atoms with Crippen molar-refractivity contribution in [1.82, 2.24) is 16.0 Å². The summed E-state index contributed by atoms with van der Waals surface area (Å²) in [5, 5.41) is 7.74. The van der Waals surface area contributed by atoms with Crippen molar-refractivity contribution in [2.45, 2.75) is 26.3 Å². The Morgan fingerprint density at radius 2 is 1.74 bits per heavy atom. The first kappa shape index (κ1) is 18.6. The van der Waals surface area contributed by atoms with E-state index in [1.165, 1.54) is 0 Å². The molecule has 1 fully saturated rings. The van der Waals surface area contributed by atoms with E-state index in [0.29, 0.717) is 5.56 Å². The highest BCUT2D eigenvalue weighted by atomic mass is 16.2. The topological polar surface area (TPSA) is 87.3 Å². The van der Waals surface area contributed by atoms with Crippen molar-refractivity contribution in [3.8, 4) is 11.1 Å². The molecule has 27 heavy (non-hydrogen) atoms. The molecule has 1 atom stereocenters. The van der Waals surface area contributed by atoms with Crippen molar-refractivity contribution in [2.75, 3.05) is 6.54 Å². The Morgan fingerprint density at radius 3 is 2.33 bits per heavy atom. The molecule has 2 aromatic rings. The van der Waals surface area contributed by atoms with Crippen molar-refractivity contribution in [3.05, 3.63) is 59.7 Å². The summed E-state index contributed by atoms with van der Waals surface area (Å²) < 4.78 is 0. The number of hydrogen-bond acceptors (Lipinski definition) is 3. The number of hydrogen-bond donors (Lipinski definition) is 3. The minimum absolute atomic E-state index is 0.0172. The second-order valence-electron chi connectivity index (χ2n) is 7.13. The number of rotatable bonds is 5. The Kier molecular flexibility index (Phi) is 4.99. The molecule has 0 bridgehead atoms. The van der Waals surface area contributed by atoms with Crippen LogP contribution in [0.2, 0.25) is 0 Å². The molecule has 6 nitrogen and oxygen atoms in total. The van der Waals surface area contributed by atoms with Crippen molar-refractivity contribution < 1.29 is 14.4 Å². The molecule has 3 N–H and O–H groups in total. The molecule has 6 heteroatoms. The third-order valence-electron chi connectivity index (χ3n) is 5.02. The summed E-state index contributed by atoms with van der Waals surface area (Å²) in [5.74, 6) is -0.897. The molecule has 1 saturated heterocycles. The fraction of sp³-hybridized carbons (Fsp3) is 0.286. The van der Waals surface area contributed by atoms with Gasteiger partial charge in [0, 0.05) is 5.56 Å². The minimum Gasteiger partial charge on any atom is -0.349 e.